The Kier molecular flexibility index (Phi) is 4.90. The summed E-state index contributed by atoms with van der Waals surface area (Å²) in [5, 5.41) is 2.84. The van der Waals surface area contributed by atoms with E-state index in [-0.39, 0.29) is 5.91 Å². The molecule has 0 aromatic heterocycles. The van der Waals surface area contributed by atoms with Gasteiger partial charge < -0.3 is 15.8 Å². The number of amides is 1. The largest absolute Gasteiger partial charge is 0.495 e. The van der Waals surface area contributed by atoms with Crippen molar-refractivity contribution in [1.29, 1.82) is 0 Å². The number of hydrogen-bond donors (Lipinski definition) is 2. The Labute approximate surface area is 139 Å². The number of nitrogens with two attached hydrogens (primary N) is 1. The molecule has 2 aromatic carbocycles. The van der Waals surface area contributed by atoms with Gasteiger partial charge in [-0.05, 0) is 56.5 Å². The lowest BCUT2D eigenvalue weighted by molar-refractivity contribution is 0.102. The number of rotatable bonds is 3. The molecule has 2 rings (SSSR count). The molecule has 0 radical (unpaired) electrons. The number of hydrogen-bond acceptors (Lipinski definition) is 3. The Morgan fingerprint density at radius 2 is 1.95 bits per heavy atom. The Balaban J connectivity index is 2.36. The van der Waals surface area contributed by atoms with Gasteiger partial charge in [0.1, 0.15) is 5.75 Å². The van der Waals surface area contributed by atoms with Gasteiger partial charge in [-0.15, -0.1) is 0 Å². The third kappa shape index (κ3) is 3.39. The Morgan fingerprint density at radius 3 is 2.57 bits per heavy atom. The van der Waals surface area contributed by atoms with Gasteiger partial charge in [-0.1, -0.05) is 12.1 Å². The van der Waals surface area contributed by atoms with E-state index < -0.39 is 0 Å². The van der Waals surface area contributed by atoms with Crippen molar-refractivity contribution in [1.82, 2.24) is 0 Å². The van der Waals surface area contributed by atoms with E-state index in [9.17, 15) is 4.79 Å². The van der Waals surface area contributed by atoms with Crippen molar-refractivity contribution < 1.29 is 9.53 Å². The summed E-state index contributed by atoms with van der Waals surface area (Å²) in [6.45, 7) is 1.85. The average molecular weight is 414 g/mol. The normalized spacial score (nSPS) is 10.3. The lowest BCUT2D eigenvalue weighted by Crippen LogP contribution is -2.16. The fourth-order valence-corrected chi connectivity index (χ4v) is 3.22. The second-order valence-electron chi connectivity index (χ2n) is 4.46. The number of carbonyl (C=O) groups is 1. The number of nitrogen functional groups attached to an aromatic ring is 1. The van der Waals surface area contributed by atoms with Crippen LogP contribution in [0.2, 0.25) is 0 Å². The number of carbonyl (C=O) groups excluding carboxylic acids is 1. The molecule has 1 amide bonds. The smallest absolute Gasteiger partial charge is 0.258 e. The fraction of sp³-hybridized carbons (Fsp3) is 0.133. The van der Waals surface area contributed by atoms with Crippen LogP contribution in [0.25, 0.3) is 0 Å². The van der Waals surface area contributed by atoms with E-state index in [1.54, 1.807) is 19.2 Å². The number of halogens is 2. The zero-order valence-electron chi connectivity index (χ0n) is 11.5. The topological polar surface area (TPSA) is 64.3 Å². The van der Waals surface area contributed by atoms with Crippen LogP contribution in [0.5, 0.6) is 5.75 Å². The van der Waals surface area contributed by atoms with Gasteiger partial charge in [-0.2, -0.15) is 0 Å². The van der Waals surface area contributed by atoms with E-state index in [1.807, 2.05) is 25.1 Å². The second kappa shape index (κ2) is 6.49. The van der Waals surface area contributed by atoms with Crippen molar-refractivity contribution in [3.8, 4) is 5.75 Å². The van der Waals surface area contributed by atoms with Crippen LogP contribution < -0.4 is 15.8 Å². The van der Waals surface area contributed by atoms with Crippen molar-refractivity contribution in [3.05, 3.63) is 50.4 Å². The maximum absolute atomic E-state index is 12.4. The highest BCUT2D eigenvalue weighted by atomic mass is 79.9. The van der Waals surface area contributed by atoms with Crippen molar-refractivity contribution in [2.24, 2.45) is 0 Å². The van der Waals surface area contributed by atoms with Crippen LogP contribution in [0, 0.1) is 6.92 Å². The number of anilines is 2. The highest BCUT2D eigenvalue weighted by Gasteiger charge is 2.15. The van der Waals surface area contributed by atoms with Crippen molar-refractivity contribution in [2.45, 2.75) is 6.92 Å². The first-order valence-corrected chi connectivity index (χ1v) is 7.72. The third-order valence-electron chi connectivity index (χ3n) is 3.02. The Hall–Kier alpha value is -1.53. The summed E-state index contributed by atoms with van der Waals surface area (Å²) in [4.78, 5) is 12.4. The average Bonchev–Trinajstić information content (AvgIpc) is 2.41. The quantitative estimate of drug-likeness (QED) is 0.734. The summed E-state index contributed by atoms with van der Waals surface area (Å²) in [5.41, 5.74) is 8.26. The molecule has 0 heterocycles. The van der Waals surface area contributed by atoms with Gasteiger partial charge in [0, 0.05) is 16.2 Å². The molecule has 0 saturated carbocycles. The number of ether oxygens (including phenoxy) is 1. The summed E-state index contributed by atoms with van der Waals surface area (Å²) in [5.74, 6) is 0.377. The Bertz CT molecular complexity index is 682. The molecule has 3 N–H and O–H groups in total. The molecule has 0 spiro atoms. The fourth-order valence-electron chi connectivity index (χ4n) is 1.97. The molecule has 2 aromatic rings. The predicted molar refractivity (Wildman–Crippen MR) is 91.9 cm³/mol. The molecule has 0 fully saturated rings. The first-order chi connectivity index (χ1) is 9.93. The molecule has 0 atom stereocenters. The summed E-state index contributed by atoms with van der Waals surface area (Å²) in [7, 11) is 1.57. The van der Waals surface area contributed by atoms with Crippen LogP contribution in [0.1, 0.15) is 15.9 Å². The molecule has 110 valence electrons. The van der Waals surface area contributed by atoms with Crippen LogP contribution in [0.4, 0.5) is 11.4 Å². The molecule has 4 nitrogen and oxygen atoms in total. The summed E-state index contributed by atoms with van der Waals surface area (Å²) < 4.78 is 6.77. The molecule has 0 unspecified atom stereocenters. The zero-order chi connectivity index (χ0) is 15.6. The van der Waals surface area contributed by atoms with Crippen molar-refractivity contribution >= 4 is 49.1 Å². The molecule has 0 aliphatic carbocycles. The molecule has 0 bridgehead atoms. The minimum absolute atomic E-state index is 0.254. The van der Waals surface area contributed by atoms with E-state index in [0.29, 0.717) is 22.7 Å². The van der Waals surface area contributed by atoms with Crippen LogP contribution in [0.15, 0.2) is 39.3 Å². The minimum atomic E-state index is -0.254. The third-order valence-corrected chi connectivity index (χ3v) is 4.30. The maximum atomic E-state index is 12.4. The lowest BCUT2D eigenvalue weighted by Gasteiger charge is -2.13. The van der Waals surface area contributed by atoms with Gasteiger partial charge in [0.2, 0.25) is 0 Å². The van der Waals surface area contributed by atoms with Gasteiger partial charge in [-0.3, -0.25) is 4.79 Å². The van der Waals surface area contributed by atoms with Gasteiger partial charge >= 0.3 is 0 Å². The molecule has 0 aliphatic heterocycles. The van der Waals surface area contributed by atoms with Crippen LogP contribution >= 0.6 is 31.9 Å². The van der Waals surface area contributed by atoms with Crippen LogP contribution in [-0.4, -0.2) is 13.0 Å². The van der Waals surface area contributed by atoms with Crippen LogP contribution in [-0.2, 0) is 0 Å². The summed E-state index contributed by atoms with van der Waals surface area (Å²) in [6.07, 6.45) is 0. The van der Waals surface area contributed by atoms with E-state index in [1.165, 1.54) is 0 Å². The second-order valence-corrected chi connectivity index (χ2v) is 6.17. The maximum Gasteiger partial charge on any atom is 0.258 e. The summed E-state index contributed by atoms with van der Waals surface area (Å²) >= 11 is 6.81. The minimum Gasteiger partial charge on any atom is -0.495 e. The van der Waals surface area contributed by atoms with Gasteiger partial charge in [0.05, 0.1) is 22.8 Å². The molecule has 0 aliphatic rings. The van der Waals surface area contributed by atoms with Crippen molar-refractivity contribution in [2.75, 3.05) is 18.2 Å². The van der Waals surface area contributed by atoms with E-state index >= 15 is 0 Å². The monoisotopic (exact) mass is 412 g/mol. The SMILES string of the molecule is COc1cc(NC(=O)c2c(C)cccc2N)c(Br)cc1Br. The van der Waals surface area contributed by atoms with Crippen LogP contribution in [0.3, 0.4) is 0 Å². The molecule has 0 saturated heterocycles. The van der Waals surface area contributed by atoms with Gasteiger partial charge in [0.15, 0.2) is 0 Å². The van der Waals surface area contributed by atoms with Gasteiger partial charge in [-0.25, -0.2) is 0 Å². The van der Waals surface area contributed by atoms with Crippen molar-refractivity contribution in [3.63, 3.8) is 0 Å². The predicted octanol–water partition coefficient (Wildman–Crippen LogP) is 4.36. The molecular formula is C15H14Br2N2O2. The molecular weight excluding hydrogens is 400 g/mol. The Morgan fingerprint density at radius 1 is 1.24 bits per heavy atom. The van der Waals surface area contributed by atoms with E-state index in [4.69, 9.17) is 10.5 Å². The number of aryl methyl sites for hydroxylation is 1. The number of benzene rings is 2. The summed E-state index contributed by atoms with van der Waals surface area (Å²) in [6, 6.07) is 8.93. The lowest BCUT2D eigenvalue weighted by atomic mass is 10.1. The molecule has 21 heavy (non-hydrogen) atoms. The number of nitrogens with one attached hydrogen (secondary N) is 1. The zero-order valence-corrected chi connectivity index (χ0v) is 14.7. The first kappa shape index (κ1) is 15.9. The standard InChI is InChI=1S/C15H14Br2N2O2/c1-8-4-3-5-11(18)14(8)15(20)19-12-7-13(21-2)10(17)6-9(12)16/h3-7H,18H2,1-2H3,(H,19,20). The highest BCUT2D eigenvalue weighted by molar-refractivity contribution is 9.11. The first-order valence-electron chi connectivity index (χ1n) is 6.13. The van der Waals surface area contributed by atoms with E-state index in [2.05, 4.69) is 37.2 Å². The number of methoxy groups -OCH3 is 1. The highest BCUT2D eigenvalue weighted by Crippen LogP contribution is 2.35. The van der Waals surface area contributed by atoms with Gasteiger partial charge in [0.25, 0.3) is 5.91 Å². The molecule has 6 heteroatoms. The van der Waals surface area contributed by atoms with E-state index in [0.717, 1.165) is 14.5 Å².